The Morgan fingerprint density at radius 2 is 1.39 bits per heavy atom. The second kappa shape index (κ2) is 14.8. The quantitative estimate of drug-likeness (QED) is 0.206. The summed E-state index contributed by atoms with van der Waals surface area (Å²) in [6.07, 6.45) is 0.954. The van der Waals surface area contributed by atoms with E-state index < -0.39 is 34.3 Å². The van der Waals surface area contributed by atoms with Crippen molar-refractivity contribution in [1.82, 2.24) is 10.2 Å². The molecule has 0 saturated carbocycles. The summed E-state index contributed by atoms with van der Waals surface area (Å²) in [4.78, 5) is 29.4. The fourth-order valence-electron chi connectivity index (χ4n) is 4.78. The van der Waals surface area contributed by atoms with Gasteiger partial charge >= 0.3 is 0 Å². The van der Waals surface area contributed by atoms with Crippen LogP contribution in [-0.2, 0) is 32.6 Å². The van der Waals surface area contributed by atoms with Gasteiger partial charge in [-0.05, 0) is 67.8 Å². The number of carbonyl (C=O) groups excluding carboxylic acids is 2. The number of anilines is 1. The highest BCUT2D eigenvalue weighted by Crippen LogP contribution is 2.26. The Bertz CT molecular complexity index is 1640. The van der Waals surface area contributed by atoms with Crippen LogP contribution in [0.4, 0.5) is 10.1 Å². The standard InChI is InChI=1S/C35H38FN3O4S/c1-4-22-37-35(41)33(23-28-8-6-5-7-9-28)38(24-29-14-10-26(2)11-15-29)34(40)25-39(31-18-12-27(3)13-19-31)44(42,43)32-20-16-30(36)17-21-32/h5-21,33H,4,22-25H2,1-3H3,(H,37,41)/t33-/m0/s1. The van der Waals surface area contributed by atoms with Crippen molar-refractivity contribution in [2.45, 2.75) is 51.1 Å². The second-order valence-electron chi connectivity index (χ2n) is 10.8. The number of hydrogen-bond acceptors (Lipinski definition) is 4. The molecule has 0 unspecified atom stereocenters. The molecular formula is C35H38FN3O4S. The first-order chi connectivity index (χ1) is 21.1. The molecule has 4 aromatic carbocycles. The van der Waals surface area contributed by atoms with Crippen LogP contribution in [0.3, 0.4) is 0 Å². The SMILES string of the molecule is CCCNC(=O)[C@H](Cc1ccccc1)N(Cc1ccc(C)cc1)C(=O)CN(c1ccc(C)cc1)S(=O)(=O)c1ccc(F)cc1. The van der Waals surface area contributed by atoms with Gasteiger partial charge in [-0.15, -0.1) is 0 Å². The molecule has 0 aromatic heterocycles. The predicted octanol–water partition coefficient (Wildman–Crippen LogP) is 5.80. The maximum Gasteiger partial charge on any atom is 0.264 e. The molecule has 0 spiro atoms. The second-order valence-corrected chi connectivity index (χ2v) is 12.7. The average molecular weight is 616 g/mol. The van der Waals surface area contributed by atoms with Crippen LogP contribution >= 0.6 is 0 Å². The summed E-state index contributed by atoms with van der Waals surface area (Å²) in [6, 6.07) is 27.4. The van der Waals surface area contributed by atoms with Gasteiger partial charge in [0.2, 0.25) is 11.8 Å². The zero-order valence-corrected chi connectivity index (χ0v) is 26.1. The van der Waals surface area contributed by atoms with Gasteiger partial charge in [0, 0.05) is 19.5 Å². The third kappa shape index (κ3) is 8.32. The van der Waals surface area contributed by atoms with E-state index in [-0.39, 0.29) is 29.5 Å². The smallest absolute Gasteiger partial charge is 0.264 e. The van der Waals surface area contributed by atoms with Crippen LogP contribution in [0.1, 0.15) is 35.6 Å². The number of rotatable bonds is 13. The molecule has 0 saturated heterocycles. The first-order valence-corrected chi connectivity index (χ1v) is 16.0. The molecule has 0 fully saturated rings. The highest BCUT2D eigenvalue weighted by Gasteiger charge is 2.34. The molecule has 0 radical (unpaired) electrons. The Balaban J connectivity index is 1.78. The first kappa shape index (κ1) is 32.4. The van der Waals surface area contributed by atoms with Crippen molar-refractivity contribution in [3.05, 3.63) is 131 Å². The van der Waals surface area contributed by atoms with Crippen molar-refractivity contribution >= 4 is 27.5 Å². The van der Waals surface area contributed by atoms with Crippen molar-refractivity contribution in [2.75, 3.05) is 17.4 Å². The molecule has 1 N–H and O–H groups in total. The molecule has 230 valence electrons. The Morgan fingerprint density at radius 1 is 0.795 bits per heavy atom. The summed E-state index contributed by atoms with van der Waals surface area (Å²) in [5.74, 6) is -1.45. The molecular weight excluding hydrogens is 577 g/mol. The van der Waals surface area contributed by atoms with Crippen LogP contribution in [-0.4, -0.2) is 44.3 Å². The zero-order chi connectivity index (χ0) is 31.7. The first-order valence-electron chi connectivity index (χ1n) is 14.6. The van der Waals surface area contributed by atoms with Crippen LogP contribution in [0.15, 0.2) is 108 Å². The van der Waals surface area contributed by atoms with Crippen molar-refractivity contribution in [3.63, 3.8) is 0 Å². The molecule has 2 amide bonds. The van der Waals surface area contributed by atoms with E-state index in [9.17, 15) is 22.4 Å². The van der Waals surface area contributed by atoms with E-state index in [2.05, 4.69) is 5.32 Å². The number of benzene rings is 4. The number of amides is 2. The van der Waals surface area contributed by atoms with Crippen molar-refractivity contribution in [1.29, 1.82) is 0 Å². The van der Waals surface area contributed by atoms with Crippen LogP contribution < -0.4 is 9.62 Å². The number of halogens is 1. The fraction of sp³-hybridized carbons (Fsp3) is 0.257. The van der Waals surface area contributed by atoms with Gasteiger partial charge in [0.15, 0.2) is 0 Å². The lowest BCUT2D eigenvalue weighted by molar-refractivity contribution is -0.140. The molecule has 7 nitrogen and oxygen atoms in total. The molecule has 0 aliphatic rings. The Hall–Kier alpha value is -4.50. The molecule has 4 aromatic rings. The normalized spacial score (nSPS) is 11.9. The lowest BCUT2D eigenvalue weighted by atomic mass is 10.0. The van der Waals surface area contributed by atoms with E-state index in [1.165, 1.54) is 17.0 Å². The van der Waals surface area contributed by atoms with Crippen LogP contribution in [0.25, 0.3) is 0 Å². The largest absolute Gasteiger partial charge is 0.354 e. The van der Waals surface area contributed by atoms with Gasteiger partial charge < -0.3 is 10.2 Å². The van der Waals surface area contributed by atoms with E-state index >= 15 is 0 Å². The number of nitrogens with one attached hydrogen (secondary N) is 1. The van der Waals surface area contributed by atoms with Gasteiger partial charge in [-0.3, -0.25) is 13.9 Å². The Morgan fingerprint density at radius 3 is 1.98 bits per heavy atom. The summed E-state index contributed by atoms with van der Waals surface area (Å²) < 4.78 is 42.7. The Kier molecular flexibility index (Phi) is 10.9. The summed E-state index contributed by atoms with van der Waals surface area (Å²) in [7, 11) is -4.29. The van der Waals surface area contributed by atoms with Crippen LogP contribution in [0.2, 0.25) is 0 Å². The number of carbonyl (C=O) groups is 2. The molecule has 4 rings (SSSR count). The third-order valence-corrected chi connectivity index (χ3v) is 9.08. The number of aryl methyl sites for hydroxylation is 2. The summed E-state index contributed by atoms with van der Waals surface area (Å²) >= 11 is 0. The van der Waals surface area contributed by atoms with Crippen LogP contribution in [0, 0.1) is 19.7 Å². The minimum absolute atomic E-state index is 0.0918. The van der Waals surface area contributed by atoms with E-state index in [0.717, 1.165) is 38.7 Å². The van der Waals surface area contributed by atoms with E-state index in [4.69, 9.17) is 0 Å². The van der Waals surface area contributed by atoms with E-state index in [1.54, 1.807) is 24.3 Å². The molecule has 0 aliphatic heterocycles. The molecule has 44 heavy (non-hydrogen) atoms. The van der Waals surface area contributed by atoms with Crippen molar-refractivity contribution in [3.8, 4) is 0 Å². The Labute approximate surface area is 259 Å². The lowest BCUT2D eigenvalue weighted by Gasteiger charge is -2.34. The van der Waals surface area contributed by atoms with E-state index in [0.29, 0.717) is 13.0 Å². The maximum absolute atomic E-state index is 14.4. The van der Waals surface area contributed by atoms with Gasteiger partial charge in [-0.25, -0.2) is 12.8 Å². The molecule has 9 heteroatoms. The van der Waals surface area contributed by atoms with Crippen molar-refractivity contribution in [2.24, 2.45) is 0 Å². The number of nitrogens with zero attached hydrogens (tertiary/aromatic N) is 2. The maximum atomic E-state index is 14.4. The van der Waals surface area contributed by atoms with Gasteiger partial charge in [-0.2, -0.15) is 0 Å². The van der Waals surface area contributed by atoms with E-state index in [1.807, 2.05) is 75.4 Å². The lowest BCUT2D eigenvalue weighted by Crippen LogP contribution is -2.53. The monoisotopic (exact) mass is 615 g/mol. The van der Waals surface area contributed by atoms with Gasteiger partial charge in [0.25, 0.3) is 10.0 Å². The molecule has 0 heterocycles. The number of sulfonamides is 1. The minimum atomic E-state index is -4.29. The predicted molar refractivity (Wildman–Crippen MR) is 171 cm³/mol. The molecule has 0 bridgehead atoms. The summed E-state index contributed by atoms with van der Waals surface area (Å²) in [5, 5.41) is 2.94. The highest BCUT2D eigenvalue weighted by atomic mass is 32.2. The van der Waals surface area contributed by atoms with Crippen molar-refractivity contribution < 1.29 is 22.4 Å². The highest BCUT2D eigenvalue weighted by molar-refractivity contribution is 7.92. The topological polar surface area (TPSA) is 86.8 Å². The average Bonchev–Trinajstić information content (AvgIpc) is 3.02. The van der Waals surface area contributed by atoms with Gasteiger partial charge in [0.1, 0.15) is 18.4 Å². The fourth-order valence-corrected chi connectivity index (χ4v) is 6.20. The van der Waals surface area contributed by atoms with Gasteiger partial charge in [0.05, 0.1) is 10.6 Å². The third-order valence-electron chi connectivity index (χ3n) is 7.30. The molecule has 0 aliphatic carbocycles. The van der Waals surface area contributed by atoms with Gasteiger partial charge in [-0.1, -0.05) is 84.8 Å². The minimum Gasteiger partial charge on any atom is -0.354 e. The summed E-state index contributed by atoms with van der Waals surface area (Å²) in [5.41, 5.74) is 3.90. The zero-order valence-electron chi connectivity index (χ0n) is 25.2. The molecule has 1 atom stereocenters. The number of hydrogen-bond donors (Lipinski definition) is 1. The summed E-state index contributed by atoms with van der Waals surface area (Å²) in [6.45, 7) is 5.74. The van der Waals surface area contributed by atoms with Crippen LogP contribution in [0.5, 0.6) is 0 Å².